The Balaban J connectivity index is 2.18. The van der Waals surface area contributed by atoms with E-state index in [-0.39, 0.29) is 5.91 Å². The molecule has 1 aromatic carbocycles. The van der Waals surface area contributed by atoms with E-state index in [1.807, 2.05) is 24.3 Å². The third kappa shape index (κ3) is 2.69. The summed E-state index contributed by atoms with van der Waals surface area (Å²) in [6.45, 7) is 0. The highest BCUT2D eigenvalue weighted by Gasteiger charge is 2.04. The fourth-order valence-corrected chi connectivity index (χ4v) is 2.17. The predicted octanol–water partition coefficient (Wildman–Crippen LogP) is 2.33. The summed E-state index contributed by atoms with van der Waals surface area (Å²) >= 11 is 1.55. The number of hydroxylamine groups is 2. The van der Waals surface area contributed by atoms with Gasteiger partial charge in [-0.3, -0.25) is 9.63 Å². The van der Waals surface area contributed by atoms with E-state index in [2.05, 4.69) is 4.98 Å². The molecule has 0 N–H and O–H groups in total. The number of carbonyl (C=O) groups is 1. The van der Waals surface area contributed by atoms with Gasteiger partial charge in [0, 0.05) is 13.1 Å². The maximum atomic E-state index is 11.5. The standard InChI is InChI=1S/C12H12N2O2S/c1-14(16-2)12(15)8-7-11-13-9-5-3-4-6-10(9)17-11/h3-8H,1-2H3. The summed E-state index contributed by atoms with van der Waals surface area (Å²) in [6.07, 6.45) is 3.14. The molecule has 1 amide bonds. The minimum absolute atomic E-state index is 0.216. The topological polar surface area (TPSA) is 42.4 Å². The zero-order chi connectivity index (χ0) is 12.3. The fraction of sp³-hybridized carbons (Fsp3) is 0.167. The van der Waals surface area contributed by atoms with Gasteiger partial charge in [0.05, 0.1) is 17.3 Å². The number of hydrogen-bond acceptors (Lipinski definition) is 4. The van der Waals surface area contributed by atoms with Gasteiger partial charge < -0.3 is 0 Å². The molecule has 0 spiro atoms. The number of carbonyl (C=O) groups excluding carboxylic acids is 1. The maximum Gasteiger partial charge on any atom is 0.269 e. The zero-order valence-electron chi connectivity index (χ0n) is 9.58. The van der Waals surface area contributed by atoms with Crippen molar-refractivity contribution in [1.82, 2.24) is 10.0 Å². The Labute approximate surface area is 103 Å². The number of benzene rings is 1. The first-order valence-corrected chi connectivity index (χ1v) is 5.88. The monoisotopic (exact) mass is 248 g/mol. The first-order valence-electron chi connectivity index (χ1n) is 5.06. The number of aromatic nitrogens is 1. The fourth-order valence-electron chi connectivity index (χ4n) is 1.30. The molecule has 17 heavy (non-hydrogen) atoms. The highest BCUT2D eigenvalue weighted by Crippen LogP contribution is 2.22. The summed E-state index contributed by atoms with van der Waals surface area (Å²) in [6, 6.07) is 7.87. The molecule has 0 atom stereocenters. The number of rotatable bonds is 3. The summed E-state index contributed by atoms with van der Waals surface area (Å²) in [5.74, 6) is -0.216. The second-order valence-electron chi connectivity index (χ2n) is 3.37. The van der Waals surface area contributed by atoms with Crippen molar-refractivity contribution in [1.29, 1.82) is 0 Å². The summed E-state index contributed by atoms with van der Waals surface area (Å²) in [4.78, 5) is 20.6. The van der Waals surface area contributed by atoms with E-state index >= 15 is 0 Å². The molecule has 5 heteroatoms. The van der Waals surface area contributed by atoms with Crippen LogP contribution in [0.2, 0.25) is 0 Å². The molecule has 0 saturated carbocycles. The van der Waals surface area contributed by atoms with Gasteiger partial charge in [0.15, 0.2) is 0 Å². The maximum absolute atomic E-state index is 11.5. The van der Waals surface area contributed by atoms with Crippen LogP contribution in [0.25, 0.3) is 16.3 Å². The number of amides is 1. The molecule has 4 nitrogen and oxygen atoms in total. The molecule has 0 unspecified atom stereocenters. The number of nitrogens with zero attached hydrogens (tertiary/aromatic N) is 2. The normalized spacial score (nSPS) is 11.2. The van der Waals surface area contributed by atoms with Gasteiger partial charge in [-0.15, -0.1) is 11.3 Å². The highest BCUT2D eigenvalue weighted by molar-refractivity contribution is 7.19. The van der Waals surface area contributed by atoms with Crippen molar-refractivity contribution in [2.24, 2.45) is 0 Å². The van der Waals surface area contributed by atoms with Crippen LogP contribution < -0.4 is 0 Å². The molecule has 0 aliphatic carbocycles. The van der Waals surface area contributed by atoms with Gasteiger partial charge in [0.25, 0.3) is 5.91 Å². The van der Waals surface area contributed by atoms with Crippen molar-refractivity contribution in [3.05, 3.63) is 35.3 Å². The smallest absolute Gasteiger partial charge is 0.269 e. The molecule has 1 aromatic heterocycles. The quantitative estimate of drug-likeness (QED) is 0.618. The van der Waals surface area contributed by atoms with E-state index in [9.17, 15) is 4.79 Å². The summed E-state index contributed by atoms with van der Waals surface area (Å²) in [5, 5.41) is 1.97. The van der Waals surface area contributed by atoms with E-state index in [1.54, 1.807) is 24.5 Å². The lowest BCUT2D eigenvalue weighted by molar-refractivity contribution is -0.162. The molecule has 2 aromatic rings. The number of likely N-dealkylation sites (N-methyl/N-ethyl adjacent to an activating group) is 1. The van der Waals surface area contributed by atoms with Gasteiger partial charge in [-0.2, -0.15) is 0 Å². The van der Waals surface area contributed by atoms with Crippen molar-refractivity contribution in [2.75, 3.05) is 14.2 Å². The molecule has 0 radical (unpaired) electrons. The largest absolute Gasteiger partial charge is 0.274 e. The van der Waals surface area contributed by atoms with E-state index < -0.39 is 0 Å². The molecule has 0 aliphatic heterocycles. The van der Waals surface area contributed by atoms with Crippen LogP contribution in [0.1, 0.15) is 5.01 Å². The van der Waals surface area contributed by atoms with E-state index in [0.717, 1.165) is 20.3 Å². The Morgan fingerprint density at radius 3 is 2.94 bits per heavy atom. The molecule has 0 fully saturated rings. The van der Waals surface area contributed by atoms with Crippen LogP contribution >= 0.6 is 11.3 Å². The van der Waals surface area contributed by atoms with E-state index in [4.69, 9.17) is 4.84 Å². The Hall–Kier alpha value is -1.72. The number of hydrogen-bond donors (Lipinski definition) is 0. The SMILES string of the molecule is CON(C)C(=O)C=Cc1nc2ccccc2s1. The Morgan fingerprint density at radius 2 is 2.24 bits per heavy atom. The van der Waals surface area contributed by atoms with Gasteiger partial charge in [-0.1, -0.05) is 12.1 Å². The second kappa shape index (κ2) is 5.07. The van der Waals surface area contributed by atoms with Crippen LogP contribution in [0.15, 0.2) is 30.3 Å². The van der Waals surface area contributed by atoms with Crippen molar-refractivity contribution in [3.63, 3.8) is 0 Å². The van der Waals surface area contributed by atoms with Crippen molar-refractivity contribution >= 4 is 33.5 Å². The van der Waals surface area contributed by atoms with Crippen molar-refractivity contribution in [2.45, 2.75) is 0 Å². The van der Waals surface area contributed by atoms with Crippen LogP contribution in [-0.4, -0.2) is 30.1 Å². The molecule has 88 valence electrons. The minimum atomic E-state index is -0.216. The summed E-state index contributed by atoms with van der Waals surface area (Å²) in [5.41, 5.74) is 0.949. The molecule has 2 rings (SSSR count). The van der Waals surface area contributed by atoms with E-state index in [0.29, 0.717) is 0 Å². The number of thiazole rings is 1. The summed E-state index contributed by atoms with van der Waals surface area (Å²) < 4.78 is 1.11. The zero-order valence-corrected chi connectivity index (χ0v) is 10.4. The second-order valence-corrected chi connectivity index (χ2v) is 4.43. The third-order valence-electron chi connectivity index (χ3n) is 2.26. The number of para-hydroxylation sites is 1. The van der Waals surface area contributed by atoms with Gasteiger partial charge in [0.1, 0.15) is 5.01 Å². The summed E-state index contributed by atoms with van der Waals surface area (Å²) in [7, 11) is 3.01. The highest BCUT2D eigenvalue weighted by atomic mass is 32.1. The van der Waals surface area contributed by atoms with Crippen molar-refractivity contribution in [3.8, 4) is 0 Å². The molecule has 1 heterocycles. The Morgan fingerprint density at radius 1 is 1.47 bits per heavy atom. The molecular weight excluding hydrogens is 236 g/mol. The van der Waals surface area contributed by atoms with E-state index in [1.165, 1.54) is 13.2 Å². The Kier molecular flexibility index (Phi) is 3.51. The first-order chi connectivity index (χ1) is 8.20. The van der Waals surface area contributed by atoms with Crippen LogP contribution in [0, 0.1) is 0 Å². The van der Waals surface area contributed by atoms with Gasteiger partial charge in [-0.05, 0) is 18.2 Å². The third-order valence-corrected chi connectivity index (χ3v) is 3.26. The lowest BCUT2D eigenvalue weighted by Crippen LogP contribution is -2.22. The van der Waals surface area contributed by atoms with Crippen LogP contribution in [0.4, 0.5) is 0 Å². The Bertz CT molecular complexity index is 529. The van der Waals surface area contributed by atoms with Crippen LogP contribution in [-0.2, 0) is 9.63 Å². The molecule has 0 saturated heterocycles. The van der Waals surface area contributed by atoms with Gasteiger partial charge in [0.2, 0.25) is 0 Å². The predicted molar refractivity (Wildman–Crippen MR) is 68.4 cm³/mol. The first kappa shape index (κ1) is 11.8. The van der Waals surface area contributed by atoms with Crippen LogP contribution in [0.5, 0.6) is 0 Å². The minimum Gasteiger partial charge on any atom is -0.274 e. The average molecular weight is 248 g/mol. The number of fused-ring (bicyclic) bond motifs is 1. The van der Waals surface area contributed by atoms with Gasteiger partial charge >= 0.3 is 0 Å². The molecule has 0 aliphatic rings. The van der Waals surface area contributed by atoms with Gasteiger partial charge in [-0.25, -0.2) is 10.0 Å². The average Bonchev–Trinajstić information content (AvgIpc) is 2.77. The lowest BCUT2D eigenvalue weighted by Gasteiger charge is -2.09. The molecule has 0 bridgehead atoms. The van der Waals surface area contributed by atoms with Crippen molar-refractivity contribution < 1.29 is 9.63 Å². The van der Waals surface area contributed by atoms with Crippen LogP contribution in [0.3, 0.4) is 0 Å². The molecular formula is C12H12N2O2S. The lowest BCUT2D eigenvalue weighted by atomic mass is 10.3.